The molecule has 140 valence electrons. The van der Waals surface area contributed by atoms with Crippen molar-refractivity contribution >= 4 is 23.3 Å². The van der Waals surface area contributed by atoms with Gasteiger partial charge in [-0.1, -0.05) is 16.8 Å². The van der Waals surface area contributed by atoms with Crippen LogP contribution in [0.4, 0.5) is 19.3 Å². The molecule has 0 radical (unpaired) electrons. The summed E-state index contributed by atoms with van der Waals surface area (Å²) < 4.78 is 29.8. The van der Waals surface area contributed by atoms with Crippen molar-refractivity contribution in [1.29, 1.82) is 0 Å². The zero-order valence-electron chi connectivity index (χ0n) is 14.0. The SMILES string of the molecule is Cc1c(Cl)cc(F)c(NC(=O)N2CCCC(n3cc(CO)nn3)C2)c1F. The summed E-state index contributed by atoms with van der Waals surface area (Å²) in [6.45, 7) is 1.97. The Labute approximate surface area is 153 Å². The lowest BCUT2D eigenvalue weighted by atomic mass is 10.1. The van der Waals surface area contributed by atoms with Crippen LogP contribution in [0.1, 0.15) is 30.1 Å². The third kappa shape index (κ3) is 3.63. The molecule has 2 heterocycles. The first-order chi connectivity index (χ1) is 12.4. The van der Waals surface area contributed by atoms with Gasteiger partial charge in [0, 0.05) is 23.7 Å². The molecule has 2 amide bonds. The van der Waals surface area contributed by atoms with E-state index in [4.69, 9.17) is 16.7 Å². The van der Waals surface area contributed by atoms with E-state index in [9.17, 15) is 13.6 Å². The number of carbonyl (C=O) groups is 1. The molecule has 0 spiro atoms. The predicted molar refractivity (Wildman–Crippen MR) is 90.9 cm³/mol. The largest absolute Gasteiger partial charge is 0.390 e. The molecule has 0 aliphatic carbocycles. The van der Waals surface area contributed by atoms with Crippen molar-refractivity contribution in [3.05, 3.63) is 40.2 Å². The minimum absolute atomic E-state index is 0.0399. The molecule has 1 fully saturated rings. The summed E-state index contributed by atoms with van der Waals surface area (Å²) in [6.07, 6.45) is 3.10. The van der Waals surface area contributed by atoms with E-state index in [-0.39, 0.29) is 23.2 Å². The quantitative estimate of drug-likeness (QED) is 0.851. The number of nitrogens with one attached hydrogen (secondary N) is 1. The van der Waals surface area contributed by atoms with E-state index in [2.05, 4.69) is 15.6 Å². The van der Waals surface area contributed by atoms with Gasteiger partial charge in [0.25, 0.3) is 0 Å². The van der Waals surface area contributed by atoms with Crippen LogP contribution in [-0.4, -0.2) is 44.1 Å². The standard InChI is InChI=1S/C16H18ClF2N5O2/c1-9-12(17)5-13(18)15(14(9)19)20-16(26)23-4-2-3-11(7-23)24-6-10(8-25)21-22-24/h5-6,11,25H,2-4,7-8H2,1H3,(H,20,26). The van der Waals surface area contributed by atoms with Crippen LogP contribution in [0.3, 0.4) is 0 Å². The lowest BCUT2D eigenvalue weighted by Crippen LogP contribution is -2.43. The molecule has 1 atom stereocenters. The summed E-state index contributed by atoms with van der Waals surface area (Å²) in [5.74, 6) is -1.82. The second-order valence-electron chi connectivity index (χ2n) is 6.17. The smallest absolute Gasteiger partial charge is 0.322 e. The minimum Gasteiger partial charge on any atom is -0.390 e. The molecule has 1 saturated heterocycles. The van der Waals surface area contributed by atoms with E-state index in [1.54, 1.807) is 10.9 Å². The molecule has 2 aromatic rings. The summed E-state index contributed by atoms with van der Waals surface area (Å²) in [5, 5.41) is 19.1. The number of nitrogens with zero attached hydrogens (tertiary/aromatic N) is 4. The maximum absolute atomic E-state index is 14.2. The Bertz CT molecular complexity index is 829. The van der Waals surface area contributed by atoms with Crippen molar-refractivity contribution < 1.29 is 18.7 Å². The van der Waals surface area contributed by atoms with Gasteiger partial charge in [-0.05, 0) is 25.8 Å². The molecule has 3 rings (SSSR count). The molecule has 2 N–H and O–H groups in total. The predicted octanol–water partition coefficient (Wildman–Crippen LogP) is 2.88. The van der Waals surface area contributed by atoms with Crippen molar-refractivity contribution in [2.24, 2.45) is 0 Å². The number of urea groups is 1. The number of benzene rings is 1. The van der Waals surface area contributed by atoms with Crippen LogP contribution < -0.4 is 5.32 Å². The first kappa shape index (κ1) is 18.5. The van der Waals surface area contributed by atoms with Crippen LogP contribution in [0, 0.1) is 18.6 Å². The lowest BCUT2D eigenvalue weighted by molar-refractivity contribution is 0.173. The average molecular weight is 386 g/mol. The van der Waals surface area contributed by atoms with Gasteiger partial charge in [-0.3, -0.25) is 0 Å². The number of aliphatic hydroxyl groups excluding tert-OH is 1. The van der Waals surface area contributed by atoms with Gasteiger partial charge in [0.2, 0.25) is 0 Å². The minimum atomic E-state index is -0.927. The van der Waals surface area contributed by atoms with Gasteiger partial charge in [0.05, 0.1) is 18.8 Å². The number of rotatable bonds is 3. The van der Waals surface area contributed by atoms with Crippen LogP contribution in [0.15, 0.2) is 12.3 Å². The lowest BCUT2D eigenvalue weighted by Gasteiger charge is -2.32. The Kier molecular flexibility index (Phi) is 5.38. The molecule has 0 saturated carbocycles. The van der Waals surface area contributed by atoms with Crippen LogP contribution in [-0.2, 0) is 6.61 Å². The Morgan fingerprint density at radius 2 is 2.27 bits per heavy atom. The van der Waals surface area contributed by atoms with Gasteiger partial charge in [-0.15, -0.1) is 5.10 Å². The number of likely N-dealkylation sites (tertiary alicyclic amines) is 1. The summed E-state index contributed by atoms with van der Waals surface area (Å²) in [4.78, 5) is 13.9. The number of halogens is 3. The van der Waals surface area contributed by atoms with E-state index in [1.807, 2.05) is 0 Å². The number of aliphatic hydroxyl groups is 1. The molecule has 0 bridgehead atoms. The molecule has 1 aromatic heterocycles. The first-order valence-corrected chi connectivity index (χ1v) is 8.50. The summed E-state index contributed by atoms with van der Waals surface area (Å²) in [6, 6.07) is 0.251. The normalized spacial score (nSPS) is 17.4. The topological polar surface area (TPSA) is 83.3 Å². The number of hydrogen-bond acceptors (Lipinski definition) is 4. The highest BCUT2D eigenvalue weighted by Crippen LogP contribution is 2.29. The Hall–Kier alpha value is -2.26. The average Bonchev–Trinajstić information content (AvgIpc) is 3.12. The second kappa shape index (κ2) is 7.55. The fraction of sp³-hybridized carbons (Fsp3) is 0.438. The van der Waals surface area contributed by atoms with Crippen LogP contribution in [0.25, 0.3) is 0 Å². The first-order valence-electron chi connectivity index (χ1n) is 8.12. The molecule has 10 heteroatoms. The van der Waals surface area contributed by atoms with Crippen LogP contribution >= 0.6 is 11.6 Å². The second-order valence-corrected chi connectivity index (χ2v) is 6.58. The van der Waals surface area contributed by atoms with Crippen molar-refractivity contribution in [1.82, 2.24) is 19.9 Å². The molecular weight excluding hydrogens is 368 g/mol. The van der Waals surface area contributed by atoms with Crippen molar-refractivity contribution in [3.63, 3.8) is 0 Å². The molecular formula is C16H18ClF2N5O2. The molecule has 26 heavy (non-hydrogen) atoms. The monoisotopic (exact) mass is 385 g/mol. The Morgan fingerprint density at radius 3 is 2.96 bits per heavy atom. The summed E-state index contributed by atoms with van der Waals surface area (Å²) >= 11 is 5.74. The van der Waals surface area contributed by atoms with E-state index in [1.165, 1.54) is 11.8 Å². The maximum atomic E-state index is 14.2. The molecule has 7 nitrogen and oxygen atoms in total. The maximum Gasteiger partial charge on any atom is 0.322 e. The number of carbonyl (C=O) groups excluding carboxylic acids is 1. The number of aromatic nitrogens is 3. The molecule has 1 aliphatic rings. The number of amides is 2. The Balaban J connectivity index is 1.73. The van der Waals surface area contributed by atoms with Gasteiger partial charge in [-0.2, -0.15) is 0 Å². The van der Waals surface area contributed by atoms with Crippen molar-refractivity contribution in [3.8, 4) is 0 Å². The summed E-state index contributed by atoms with van der Waals surface area (Å²) in [7, 11) is 0. The van der Waals surface area contributed by atoms with E-state index in [0.29, 0.717) is 25.2 Å². The third-order valence-corrected chi connectivity index (χ3v) is 4.80. The van der Waals surface area contributed by atoms with E-state index < -0.39 is 23.4 Å². The van der Waals surface area contributed by atoms with Gasteiger partial charge < -0.3 is 15.3 Å². The highest BCUT2D eigenvalue weighted by molar-refractivity contribution is 6.31. The van der Waals surface area contributed by atoms with E-state index >= 15 is 0 Å². The van der Waals surface area contributed by atoms with Gasteiger partial charge in [0.15, 0.2) is 11.6 Å². The van der Waals surface area contributed by atoms with Crippen LogP contribution in [0.5, 0.6) is 0 Å². The van der Waals surface area contributed by atoms with Gasteiger partial charge in [-0.25, -0.2) is 18.3 Å². The van der Waals surface area contributed by atoms with Gasteiger partial charge in [0.1, 0.15) is 11.4 Å². The zero-order valence-corrected chi connectivity index (χ0v) is 14.8. The number of anilines is 1. The van der Waals surface area contributed by atoms with Gasteiger partial charge >= 0.3 is 6.03 Å². The highest BCUT2D eigenvalue weighted by Gasteiger charge is 2.27. The number of piperidine rings is 1. The van der Waals surface area contributed by atoms with Crippen molar-refractivity contribution in [2.45, 2.75) is 32.4 Å². The molecule has 1 unspecified atom stereocenters. The third-order valence-electron chi connectivity index (χ3n) is 4.41. The fourth-order valence-electron chi connectivity index (χ4n) is 2.91. The molecule has 1 aliphatic heterocycles. The number of hydrogen-bond donors (Lipinski definition) is 2. The molecule has 1 aromatic carbocycles. The zero-order chi connectivity index (χ0) is 18.8. The van der Waals surface area contributed by atoms with Crippen LogP contribution in [0.2, 0.25) is 5.02 Å². The van der Waals surface area contributed by atoms with Crippen molar-refractivity contribution in [2.75, 3.05) is 18.4 Å². The van der Waals surface area contributed by atoms with E-state index in [0.717, 1.165) is 12.5 Å². The Morgan fingerprint density at radius 1 is 1.50 bits per heavy atom. The summed E-state index contributed by atoms with van der Waals surface area (Å²) in [5.41, 5.74) is -0.00580. The highest BCUT2D eigenvalue weighted by atomic mass is 35.5. The fourth-order valence-corrected chi connectivity index (χ4v) is 3.09.